The van der Waals surface area contributed by atoms with E-state index in [1.54, 1.807) is 36.2 Å². The second kappa shape index (κ2) is 11.7. The van der Waals surface area contributed by atoms with Gasteiger partial charge in [0.2, 0.25) is 21.7 Å². The van der Waals surface area contributed by atoms with E-state index in [0.29, 0.717) is 48.9 Å². The Balaban J connectivity index is 1.79. The van der Waals surface area contributed by atoms with Crippen LogP contribution in [0, 0.1) is 5.92 Å². The van der Waals surface area contributed by atoms with Crippen LogP contribution in [0.25, 0.3) is 0 Å². The maximum absolute atomic E-state index is 13.5. The molecule has 0 aliphatic carbocycles. The standard InChI is InChI=1S/C25H34N2O8S/c1-26(15-17-12-21(33-4)24(35-6)22(13-17)34-5)25(28)18-8-7-11-27(16-18)36(29,30)23-14-19(31-2)9-10-20(23)32-3/h9-10,12-14,18H,7-8,11,15-16H2,1-6H3/t18-/m1/s1. The Morgan fingerprint density at radius 2 is 1.58 bits per heavy atom. The number of sulfonamides is 1. The molecule has 0 saturated carbocycles. The van der Waals surface area contributed by atoms with Crippen LogP contribution in [0.1, 0.15) is 18.4 Å². The highest BCUT2D eigenvalue weighted by Gasteiger charge is 2.36. The Kier molecular flexibility index (Phi) is 8.91. The Morgan fingerprint density at radius 1 is 0.944 bits per heavy atom. The van der Waals surface area contributed by atoms with Gasteiger partial charge in [-0.05, 0) is 42.7 Å². The molecule has 1 saturated heterocycles. The van der Waals surface area contributed by atoms with E-state index < -0.39 is 15.9 Å². The number of piperidine rings is 1. The van der Waals surface area contributed by atoms with Gasteiger partial charge in [0, 0.05) is 32.7 Å². The molecule has 1 amide bonds. The molecule has 0 bridgehead atoms. The summed E-state index contributed by atoms with van der Waals surface area (Å²) in [7, 11) is 5.27. The Bertz CT molecular complexity index is 1160. The molecule has 0 radical (unpaired) electrons. The van der Waals surface area contributed by atoms with E-state index in [2.05, 4.69) is 0 Å². The third-order valence-corrected chi connectivity index (χ3v) is 8.13. The molecule has 0 N–H and O–H groups in total. The van der Waals surface area contributed by atoms with Crippen molar-refractivity contribution in [1.82, 2.24) is 9.21 Å². The number of amides is 1. The molecule has 198 valence electrons. The lowest BCUT2D eigenvalue weighted by molar-refractivity contribution is -0.135. The van der Waals surface area contributed by atoms with Crippen molar-refractivity contribution in [1.29, 1.82) is 0 Å². The zero-order valence-corrected chi connectivity index (χ0v) is 22.4. The molecule has 11 heteroatoms. The molecule has 0 aromatic heterocycles. The van der Waals surface area contributed by atoms with Gasteiger partial charge in [-0.15, -0.1) is 0 Å². The summed E-state index contributed by atoms with van der Waals surface area (Å²) in [6.45, 7) is 0.701. The van der Waals surface area contributed by atoms with Gasteiger partial charge in [0.15, 0.2) is 11.5 Å². The lowest BCUT2D eigenvalue weighted by Crippen LogP contribution is -2.45. The Labute approximate surface area is 212 Å². The van der Waals surface area contributed by atoms with E-state index in [0.717, 1.165) is 5.56 Å². The largest absolute Gasteiger partial charge is 0.497 e. The molecule has 1 aliphatic heterocycles. The summed E-state index contributed by atoms with van der Waals surface area (Å²) in [6.07, 6.45) is 1.17. The van der Waals surface area contributed by atoms with Crippen LogP contribution in [-0.2, 0) is 21.4 Å². The first-order valence-electron chi connectivity index (χ1n) is 11.5. The Morgan fingerprint density at radius 3 is 2.14 bits per heavy atom. The van der Waals surface area contributed by atoms with Gasteiger partial charge in [0.05, 0.1) is 41.5 Å². The first-order chi connectivity index (χ1) is 17.2. The highest BCUT2D eigenvalue weighted by atomic mass is 32.2. The number of rotatable bonds is 10. The fourth-order valence-electron chi connectivity index (χ4n) is 4.38. The second-order valence-electron chi connectivity index (χ2n) is 8.45. The summed E-state index contributed by atoms with van der Waals surface area (Å²) < 4.78 is 55.0. The number of hydrogen-bond donors (Lipinski definition) is 0. The third-order valence-electron chi connectivity index (χ3n) is 6.24. The van der Waals surface area contributed by atoms with Crippen LogP contribution in [0.5, 0.6) is 28.7 Å². The van der Waals surface area contributed by atoms with Crippen LogP contribution < -0.4 is 23.7 Å². The third kappa shape index (κ3) is 5.62. The number of ether oxygens (including phenoxy) is 5. The van der Waals surface area contributed by atoms with Crippen LogP contribution in [-0.4, -0.2) is 79.2 Å². The maximum Gasteiger partial charge on any atom is 0.246 e. The molecular formula is C25H34N2O8S. The second-order valence-corrected chi connectivity index (χ2v) is 10.4. The minimum absolute atomic E-state index is 0.0169. The minimum Gasteiger partial charge on any atom is -0.497 e. The highest BCUT2D eigenvalue weighted by molar-refractivity contribution is 7.89. The van der Waals surface area contributed by atoms with Gasteiger partial charge in [-0.2, -0.15) is 4.31 Å². The van der Waals surface area contributed by atoms with Gasteiger partial charge in [0.1, 0.15) is 16.4 Å². The summed E-state index contributed by atoms with van der Waals surface area (Å²) >= 11 is 0. The number of hydrogen-bond acceptors (Lipinski definition) is 8. The van der Waals surface area contributed by atoms with Crippen molar-refractivity contribution in [2.24, 2.45) is 5.92 Å². The molecular weight excluding hydrogens is 488 g/mol. The fourth-order valence-corrected chi connectivity index (χ4v) is 6.07. The van der Waals surface area contributed by atoms with Gasteiger partial charge in [-0.3, -0.25) is 4.79 Å². The summed E-state index contributed by atoms with van der Waals surface area (Å²) in [4.78, 5) is 14.9. The van der Waals surface area contributed by atoms with E-state index in [9.17, 15) is 13.2 Å². The molecule has 1 aliphatic rings. The van der Waals surface area contributed by atoms with Crippen molar-refractivity contribution in [3.05, 3.63) is 35.9 Å². The van der Waals surface area contributed by atoms with E-state index in [1.165, 1.54) is 45.9 Å². The van der Waals surface area contributed by atoms with Crippen molar-refractivity contribution in [3.63, 3.8) is 0 Å². The average molecular weight is 523 g/mol. The lowest BCUT2D eigenvalue weighted by atomic mass is 9.98. The summed E-state index contributed by atoms with van der Waals surface area (Å²) in [5.41, 5.74) is 0.793. The molecule has 3 rings (SSSR count). The van der Waals surface area contributed by atoms with Crippen molar-refractivity contribution in [3.8, 4) is 28.7 Å². The lowest BCUT2D eigenvalue weighted by Gasteiger charge is -2.33. The SMILES string of the molecule is COc1ccc(OC)c(S(=O)(=O)N2CCC[C@@H](C(=O)N(C)Cc3cc(OC)c(OC)c(OC)c3)C2)c1. The topological polar surface area (TPSA) is 104 Å². The smallest absolute Gasteiger partial charge is 0.246 e. The summed E-state index contributed by atoms with van der Waals surface area (Å²) in [6, 6.07) is 8.22. The van der Waals surface area contributed by atoms with Gasteiger partial charge in [0.25, 0.3) is 0 Å². The zero-order chi connectivity index (χ0) is 26.5. The molecule has 1 heterocycles. The number of nitrogens with zero attached hydrogens (tertiary/aromatic N) is 2. The highest BCUT2D eigenvalue weighted by Crippen LogP contribution is 2.38. The minimum atomic E-state index is -3.90. The summed E-state index contributed by atoms with van der Waals surface area (Å²) in [5, 5.41) is 0. The van der Waals surface area contributed by atoms with E-state index >= 15 is 0 Å². The fraction of sp³-hybridized carbons (Fsp3) is 0.480. The average Bonchev–Trinajstić information content (AvgIpc) is 2.91. The van der Waals surface area contributed by atoms with Crippen molar-refractivity contribution in [2.45, 2.75) is 24.3 Å². The number of benzene rings is 2. The predicted octanol–water partition coefficient (Wildman–Crippen LogP) is 2.79. The van der Waals surface area contributed by atoms with Crippen LogP contribution in [0.3, 0.4) is 0 Å². The molecule has 2 aromatic rings. The number of carbonyl (C=O) groups excluding carboxylic acids is 1. The first kappa shape index (κ1) is 27.4. The molecule has 2 aromatic carbocycles. The number of methoxy groups -OCH3 is 5. The van der Waals surface area contributed by atoms with Crippen LogP contribution >= 0.6 is 0 Å². The molecule has 1 fully saturated rings. The van der Waals surface area contributed by atoms with Crippen molar-refractivity contribution in [2.75, 3.05) is 55.7 Å². The van der Waals surface area contributed by atoms with Gasteiger partial charge >= 0.3 is 0 Å². The Hall–Kier alpha value is -3.18. The molecule has 36 heavy (non-hydrogen) atoms. The maximum atomic E-state index is 13.5. The normalized spacial score (nSPS) is 16.2. The van der Waals surface area contributed by atoms with Crippen LogP contribution in [0.4, 0.5) is 0 Å². The van der Waals surface area contributed by atoms with Crippen molar-refractivity contribution >= 4 is 15.9 Å². The zero-order valence-electron chi connectivity index (χ0n) is 21.6. The number of carbonyl (C=O) groups is 1. The van der Waals surface area contributed by atoms with Gasteiger partial charge < -0.3 is 28.6 Å². The van der Waals surface area contributed by atoms with Gasteiger partial charge in [-0.25, -0.2) is 8.42 Å². The summed E-state index contributed by atoms with van der Waals surface area (Å²) in [5.74, 6) is 1.48. The van der Waals surface area contributed by atoms with E-state index in [1.807, 2.05) is 0 Å². The predicted molar refractivity (Wildman–Crippen MR) is 134 cm³/mol. The van der Waals surface area contributed by atoms with Crippen LogP contribution in [0.2, 0.25) is 0 Å². The quantitative estimate of drug-likeness (QED) is 0.469. The van der Waals surface area contributed by atoms with E-state index in [-0.39, 0.29) is 23.1 Å². The van der Waals surface area contributed by atoms with Crippen LogP contribution in [0.15, 0.2) is 35.2 Å². The molecule has 0 spiro atoms. The monoisotopic (exact) mass is 522 g/mol. The van der Waals surface area contributed by atoms with Crippen molar-refractivity contribution < 1.29 is 36.9 Å². The van der Waals surface area contributed by atoms with E-state index in [4.69, 9.17) is 23.7 Å². The molecule has 0 unspecified atom stereocenters. The molecule has 1 atom stereocenters. The molecule has 10 nitrogen and oxygen atoms in total. The first-order valence-corrected chi connectivity index (χ1v) is 12.9. The van der Waals surface area contributed by atoms with Gasteiger partial charge in [-0.1, -0.05) is 0 Å².